The van der Waals surface area contributed by atoms with Gasteiger partial charge in [-0.05, 0) is 62.6 Å². The number of amides is 1. The first-order valence-corrected chi connectivity index (χ1v) is 11.3. The lowest BCUT2D eigenvalue weighted by Crippen LogP contribution is -2.36. The number of hydrogen-bond acceptors (Lipinski definition) is 4. The molecule has 7 nitrogen and oxygen atoms in total. The summed E-state index contributed by atoms with van der Waals surface area (Å²) in [5, 5.41) is 3.31. The van der Waals surface area contributed by atoms with Crippen LogP contribution in [0, 0.1) is 0 Å². The average Bonchev–Trinajstić information content (AvgIpc) is 2.80. The highest BCUT2D eigenvalue weighted by molar-refractivity contribution is 5.97. The summed E-state index contributed by atoms with van der Waals surface area (Å²) in [5.74, 6) is -0.251. The molecule has 2 aromatic carbocycles. The zero-order valence-corrected chi connectivity index (χ0v) is 18.7. The number of likely N-dealkylation sites (tertiary alicyclic amines) is 1. The predicted molar refractivity (Wildman–Crippen MR) is 126 cm³/mol. The van der Waals surface area contributed by atoms with Gasteiger partial charge in [0.15, 0.2) is 0 Å². The van der Waals surface area contributed by atoms with Crippen LogP contribution in [0.25, 0.3) is 10.9 Å². The van der Waals surface area contributed by atoms with Crippen LogP contribution in [0.1, 0.15) is 54.6 Å². The summed E-state index contributed by atoms with van der Waals surface area (Å²) in [4.78, 5) is 42.3. The Kier molecular flexibility index (Phi) is 6.55. The van der Waals surface area contributed by atoms with Gasteiger partial charge in [-0.3, -0.25) is 19.1 Å². The normalized spacial score (nSPS) is 16.9. The summed E-state index contributed by atoms with van der Waals surface area (Å²) in [6.45, 7) is 6.86. The highest BCUT2D eigenvalue weighted by Crippen LogP contribution is 2.19. The van der Waals surface area contributed by atoms with Crippen molar-refractivity contribution in [3.05, 3.63) is 80.0 Å². The van der Waals surface area contributed by atoms with E-state index in [9.17, 15) is 14.4 Å². The monoisotopic (exact) mass is 434 g/mol. The summed E-state index contributed by atoms with van der Waals surface area (Å²) in [6, 6.07) is 13.7. The summed E-state index contributed by atoms with van der Waals surface area (Å²) in [6.07, 6.45) is 3.85. The number of nitrogens with zero attached hydrogens (tertiary/aromatic N) is 2. The molecular formula is C25H30N4O3. The number of H-pyrrole nitrogens is 1. The summed E-state index contributed by atoms with van der Waals surface area (Å²) >= 11 is 0. The Morgan fingerprint density at radius 2 is 1.84 bits per heavy atom. The summed E-state index contributed by atoms with van der Waals surface area (Å²) in [7, 11) is 0. The number of nitrogens with one attached hydrogen (secondary N) is 2. The first-order chi connectivity index (χ1) is 15.5. The highest BCUT2D eigenvalue weighted by Gasteiger charge is 2.18. The van der Waals surface area contributed by atoms with Crippen molar-refractivity contribution in [2.24, 2.45) is 0 Å². The Morgan fingerprint density at radius 1 is 1.09 bits per heavy atom. The molecule has 1 aromatic heterocycles. The number of rotatable bonds is 6. The van der Waals surface area contributed by atoms with Gasteiger partial charge in [-0.2, -0.15) is 0 Å². The Morgan fingerprint density at radius 3 is 2.56 bits per heavy atom. The Balaban J connectivity index is 1.40. The molecule has 0 bridgehead atoms. The van der Waals surface area contributed by atoms with E-state index in [2.05, 4.69) is 46.4 Å². The molecule has 1 aliphatic heterocycles. The number of fused-ring (bicyclic) bond motifs is 1. The summed E-state index contributed by atoms with van der Waals surface area (Å²) in [5.41, 5.74) is 2.25. The van der Waals surface area contributed by atoms with Crippen molar-refractivity contribution in [1.82, 2.24) is 19.8 Å². The lowest BCUT2D eigenvalue weighted by atomic mass is 10.0. The lowest BCUT2D eigenvalue weighted by molar-refractivity contribution is 0.0951. The third-order valence-electron chi connectivity index (χ3n) is 6.36. The maximum Gasteiger partial charge on any atom is 0.328 e. The molecule has 3 aromatic rings. The Hall–Kier alpha value is -3.19. The minimum atomic E-state index is -0.471. The molecule has 2 heterocycles. The van der Waals surface area contributed by atoms with E-state index in [0.29, 0.717) is 35.6 Å². The van der Waals surface area contributed by atoms with E-state index in [0.717, 1.165) is 23.2 Å². The van der Waals surface area contributed by atoms with Crippen LogP contribution in [0.4, 0.5) is 0 Å². The first-order valence-electron chi connectivity index (χ1n) is 11.3. The number of piperidine rings is 1. The fraction of sp³-hybridized carbons (Fsp3) is 0.400. The number of carbonyl (C=O) groups is 1. The van der Waals surface area contributed by atoms with Gasteiger partial charge < -0.3 is 10.3 Å². The molecule has 32 heavy (non-hydrogen) atoms. The number of hydrogen-bond donors (Lipinski definition) is 2. The number of aromatic amines is 1. The van der Waals surface area contributed by atoms with E-state index in [1.165, 1.54) is 24.8 Å². The van der Waals surface area contributed by atoms with Crippen molar-refractivity contribution in [2.75, 3.05) is 6.54 Å². The fourth-order valence-corrected chi connectivity index (χ4v) is 4.36. The SMILES string of the molecule is CCn1c(=O)[nH]c2cc(C(=O)NCc3ccc(CN4CCCCC4C)cc3)ccc2c1=O. The maximum absolute atomic E-state index is 12.6. The first kappa shape index (κ1) is 22.0. The van der Waals surface area contributed by atoms with Crippen LogP contribution in [-0.2, 0) is 19.6 Å². The van der Waals surface area contributed by atoms with Crippen LogP contribution in [0.2, 0.25) is 0 Å². The van der Waals surface area contributed by atoms with Crippen LogP contribution >= 0.6 is 0 Å². The molecular weight excluding hydrogens is 404 g/mol. The summed E-state index contributed by atoms with van der Waals surface area (Å²) < 4.78 is 1.14. The molecule has 7 heteroatoms. The predicted octanol–water partition coefficient (Wildman–Crippen LogP) is 3.01. The van der Waals surface area contributed by atoms with E-state index in [1.807, 2.05) is 0 Å². The molecule has 1 atom stereocenters. The second-order valence-electron chi connectivity index (χ2n) is 8.55. The van der Waals surface area contributed by atoms with Gasteiger partial charge in [-0.15, -0.1) is 0 Å². The van der Waals surface area contributed by atoms with Crippen molar-refractivity contribution in [3.63, 3.8) is 0 Å². The van der Waals surface area contributed by atoms with Crippen LogP contribution in [0.5, 0.6) is 0 Å². The molecule has 0 aliphatic carbocycles. The van der Waals surface area contributed by atoms with E-state index >= 15 is 0 Å². The molecule has 0 radical (unpaired) electrons. The zero-order chi connectivity index (χ0) is 22.7. The van der Waals surface area contributed by atoms with E-state index < -0.39 is 5.69 Å². The fourth-order valence-electron chi connectivity index (χ4n) is 4.36. The zero-order valence-electron chi connectivity index (χ0n) is 18.7. The van der Waals surface area contributed by atoms with Gasteiger partial charge in [-0.1, -0.05) is 30.7 Å². The molecule has 1 fully saturated rings. The number of aromatic nitrogens is 2. The van der Waals surface area contributed by atoms with Gasteiger partial charge in [-0.25, -0.2) is 4.79 Å². The van der Waals surface area contributed by atoms with Crippen LogP contribution in [0.15, 0.2) is 52.1 Å². The van der Waals surface area contributed by atoms with Gasteiger partial charge in [0.05, 0.1) is 10.9 Å². The highest BCUT2D eigenvalue weighted by atomic mass is 16.2. The van der Waals surface area contributed by atoms with Gasteiger partial charge in [0.2, 0.25) is 0 Å². The minimum Gasteiger partial charge on any atom is -0.348 e. The largest absolute Gasteiger partial charge is 0.348 e. The maximum atomic E-state index is 12.6. The molecule has 4 rings (SSSR count). The molecule has 2 N–H and O–H groups in total. The minimum absolute atomic E-state index is 0.251. The van der Waals surface area contributed by atoms with Crippen molar-refractivity contribution in [1.29, 1.82) is 0 Å². The van der Waals surface area contributed by atoms with Crippen molar-refractivity contribution < 1.29 is 4.79 Å². The number of carbonyl (C=O) groups excluding carboxylic acids is 1. The third kappa shape index (κ3) is 4.67. The van der Waals surface area contributed by atoms with Crippen LogP contribution in [-0.4, -0.2) is 32.9 Å². The Bertz CT molecular complexity index is 1230. The molecule has 1 amide bonds. The smallest absolute Gasteiger partial charge is 0.328 e. The quantitative estimate of drug-likeness (QED) is 0.624. The standard InChI is InChI=1S/C25H30N4O3/c1-3-29-24(31)21-12-11-20(14-22(21)27-25(29)32)23(30)26-15-18-7-9-19(10-8-18)16-28-13-5-4-6-17(28)2/h7-12,14,17H,3-6,13,15-16H2,1-2H3,(H,26,30)(H,27,32). The van der Waals surface area contributed by atoms with Gasteiger partial charge in [0.25, 0.3) is 11.5 Å². The van der Waals surface area contributed by atoms with Gasteiger partial charge in [0, 0.05) is 31.2 Å². The molecule has 0 spiro atoms. The average molecular weight is 435 g/mol. The third-order valence-corrected chi connectivity index (χ3v) is 6.36. The van der Waals surface area contributed by atoms with E-state index in [1.54, 1.807) is 25.1 Å². The molecule has 0 saturated carbocycles. The molecule has 1 saturated heterocycles. The second-order valence-corrected chi connectivity index (χ2v) is 8.55. The topological polar surface area (TPSA) is 87.2 Å². The van der Waals surface area contributed by atoms with E-state index in [4.69, 9.17) is 0 Å². The number of benzene rings is 2. The van der Waals surface area contributed by atoms with Crippen molar-refractivity contribution in [3.8, 4) is 0 Å². The lowest BCUT2D eigenvalue weighted by Gasteiger charge is -2.33. The van der Waals surface area contributed by atoms with Crippen LogP contribution < -0.4 is 16.6 Å². The molecule has 168 valence electrons. The van der Waals surface area contributed by atoms with E-state index in [-0.39, 0.29) is 11.5 Å². The molecule has 1 unspecified atom stereocenters. The van der Waals surface area contributed by atoms with Gasteiger partial charge >= 0.3 is 5.69 Å². The Labute approximate surface area is 187 Å². The van der Waals surface area contributed by atoms with Crippen molar-refractivity contribution in [2.45, 2.75) is 58.8 Å². The van der Waals surface area contributed by atoms with Gasteiger partial charge in [0.1, 0.15) is 0 Å². The second kappa shape index (κ2) is 9.53. The van der Waals surface area contributed by atoms with Crippen LogP contribution in [0.3, 0.4) is 0 Å². The molecule has 1 aliphatic rings. The van der Waals surface area contributed by atoms with Crippen molar-refractivity contribution >= 4 is 16.8 Å².